The highest BCUT2D eigenvalue weighted by Gasteiger charge is 2.19. The van der Waals surface area contributed by atoms with Gasteiger partial charge in [-0.3, -0.25) is 4.79 Å². The summed E-state index contributed by atoms with van der Waals surface area (Å²) in [4.78, 5) is 16.6. The number of rotatable bonds is 6. The summed E-state index contributed by atoms with van der Waals surface area (Å²) in [6, 6.07) is 14.2. The van der Waals surface area contributed by atoms with Crippen LogP contribution in [0.5, 0.6) is 0 Å². The van der Waals surface area contributed by atoms with E-state index in [-0.39, 0.29) is 17.8 Å². The van der Waals surface area contributed by atoms with Crippen LogP contribution in [0.3, 0.4) is 0 Å². The van der Waals surface area contributed by atoms with Gasteiger partial charge in [-0.2, -0.15) is 0 Å². The monoisotopic (exact) mass is 339 g/mol. The Morgan fingerprint density at radius 2 is 1.92 bits per heavy atom. The highest BCUT2D eigenvalue weighted by Crippen LogP contribution is 2.23. The first-order chi connectivity index (χ1) is 12.1. The van der Waals surface area contributed by atoms with Crippen LogP contribution >= 0.6 is 0 Å². The van der Waals surface area contributed by atoms with Crippen molar-refractivity contribution in [1.29, 1.82) is 0 Å². The van der Waals surface area contributed by atoms with Crippen LogP contribution < -0.4 is 5.32 Å². The van der Waals surface area contributed by atoms with E-state index in [4.69, 9.17) is 0 Å². The van der Waals surface area contributed by atoms with Crippen molar-refractivity contribution in [2.24, 2.45) is 0 Å². The molecule has 0 radical (unpaired) electrons. The lowest BCUT2D eigenvalue weighted by atomic mass is 10.2. The average molecular weight is 339 g/mol. The number of halogens is 1. The number of imidazole rings is 1. The van der Waals surface area contributed by atoms with Gasteiger partial charge in [0, 0.05) is 12.0 Å². The lowest BCUT2D eigenvalue weighted by molar-refractivity contribution is -0.121. The van der Waals surface area contributed by atoms with Crippen LogP contribution in [0.2, 0.25) is 0 Å². The molecule has 130 valence electrons. The molecule has 1 aromatic heterocycles. The van der Waals surface area contributed by atoms with Gasteiger partial charge in [-0.15, -0.1) is 0 Å². The number of aromatic nitrogens is 2. The molecule has 0 aliphatic heterocycles. The van der Waals surface area contributed by atoms with Crippen molar-refractivity contribution in [3.05, 3.63) is 65.7 Å². The summed E-state index contributed by atoms with van der Waals surface area (Å²) >= 11 is 0. The SMILES string of the molecule is CCCC(=O)N[C@H](C)c1nc2ccccc2n1Cc1ccccc1F. The highest BCUT2D eigenvalue weighted by molar-refractivity contribution is 5.78. The van der Waals surface area contributed by atoms with E-state index in [0.717, 1.165) is 23.3 Å². The minimum Gasteiger partial charge on any atom is -0.346 e. The second kappa shape index (κ2) is 7.47. The summed E-state index contributed by atoms with van der Waals surface area (Å²) in [7, 11) is 0. The normalized spacial score (nSPS) is 12.3. The molecule has 0 aliphatic carbocycles. The molecule has 0 fully saturated rings. The number of amides is 1. The van der Waals surface area contributed by atoms with Crippen molar-refractivity contribution in [1.82, 2.24) is 14.9 Å². The molecule has 5 heteroatoms. The molecule has 3 rings (SSSR count). The zero-order valence-electron chi connectivity index (χ0n) is 14.5. The van der Waals surface area contributed by atoms with Gasteiger partial charge in [-0.1, -0.05) is 37.3 Å². The van der Waals surface area contributed by atoms with Crippen LogP contribution in [0.25, 0.3) is 11.0 Å². The van der Waals surface area contributed by atoms with Gasteiger partial charge in [0.05, 0.1) is 23.6 Å². The Hall–Kier alpha value is -2.69. The third kappa shape index (κ3) is 3.71. The number of hydrogen-bond acceptors (Lipinski definition) is 2. The van der Waals surface area contributed by atoms with Crippen molar-refractivity contribution in [2.75, 3.05) is 0 Å². The molecule has 2 aromatic carbocycles. The third-order valence-electron chi connectivity index (χ3n) is 4.21. The largest absolute Gasteiger partial charge is 0.346 e. The van der Waals surface area contributed by atoms with Crippen LogP contribution in [-0.4, -0.2) is 15.5 Å². The maximum absolute atomic E-state index is 14.1. The molecule has 0 unspecified atom stereocenters. The van der Waals surface area contributed by atoms with Gasteiger partial charge in [-0.05, 0) is 31.5 Å². The summed E-state index contributed by atoms with van der Waals surface area (Å²) in [5, 5.41) is 2.98. The van der Waals surface area contributed by atoms with Crippen LogP contribution in [-0.2, 0) is 11.3 Å². The first kappa shape index (κ1) is 17.1. The van der Waals surface area contributed by atoms with Crippen LogP contribution in [0.15, 0.2) is 48.5 Å². The molecule has 1 amide bonds. The Bertz CT molecular complexity index is 888. The van der Waals surface area contributed by atoms with E-state index in [0.29, 0.717) is 18.5 Å². The highest BCUT2D eigenvalue weighted by atomic mass is 19.1. The molecule has 0 aliphatic rings. The first-order valence-electron chi connectivity index (χ1n) is 8.58. The van der Waals surface area contributed by atoms with Crippen LogP contribution in [0, 0.1) is 5.82 Å². The number of carbonyl (C=O) groups is 1. The lowest BCUT2D eigenvalue weighted by Gasteiger charge is -2.16. The standard InChI is InChI=1S/C20H22FN3O/c1-3-8-19(25)22-14(2)20-23-17-11-6-7-12-18(17)24(20)13-15-9-4-5-10-16(15)21/h4-7,9-12,14H,3,8,13H2,1-2H3,(H,22,25)/t14-/m1/s1. The molecule has 1 N–H and O–H groups in total. The Morgan fingerprint density at radius 1 is 1.20 bits per heavy atom. The fourth-order valence-electron chi connectivity index (χ4n) is 2.99. The van der Waals surface area contributed by atoms with Gasteiger partial charge in [-0.25, -0.2) is 9.37 Å². The molecular weight excluding hydrogens is 317 g/mol. The summed E-state index contributed by atoms with van der Waals surface area (Å²) in [5.41, 5.74) is 2.36. The molecule has 1 atom stereocenters. The van der Waals surface area contributed by atoms with E-state index in [1.807, 2.05) is 48.7 Å². The van der Waals surface area contributed by atoms with Gasteiger partial charge >= 0.3 is 0 Å². The Labute approximate surface area is 146 Å². The van der Waals surface area contributed by atoms with Gasteiger partial charge in [0.15, 0.2) is 0 Å². The molecule has 0 spiro atoms. The molecule has 0 bridgehead atoms. The average Bonchev–Trinajstić information content (AvgIpc) is 2.96. The van der Waals surface area contributed by atoms with Crippen molar-refractivity contribution in [2.45, 2.75) is 39.3 Å². The zero-order valence-corrected chi connectivity index (χ0v) is 14.5. The minimum absolute atomic E-state index is 0.000465. The fraction of sp³-hybridized carbons (Fsp3) is 0.300. The summed E-state index contributed by atoms with van der Waals surface area (Å²) in [5.74, 6) is 0.488. The van der Waals surface area contributed by atoms with E-state index in [2.05, 4.69) is 10.3 Å². The Balaban J connectivity index is 2.00. The molecular formula is C20H22FN3O. The number of fused-ring (bicyclic) bond motifs is 1. The molecule has 4 nitrogen and oxygen atoms in total. The number of nitrogens with zero attached hydrogens (tertiary/aromatic N) is 2. The second-order valence-electron chi connectivity index (χ2n) is 6.18. The number of nitrogens with one attached hydrogen (secondary N) is 1. The molecule has 0 saturated carbocycles. The zero-order chi connectivity index (χ0) is 17.8. The quantitative estimate of drug-likeness (QED) is 0.731. The van der Waals surface area contributed by atoms with Gasteiger partial charge < -0.3 is 9.88 Å². The van der Waals surface area contributed by atoms with Crippen LogP contribution in [0.1, 0.15) is 44.1 Å². The van der Waals surface area contributed by atoms with Crippen molar-refractivity contribution in [3.63, 3.8) is 0 Å². The fourth-order valence-corrected chi connectivity index (χ4v) is 2.99. The molecule has 3 aromatic rings. The van der Waals surface area contributed by atoms with Gasteiger partial charge in [0.1, 0.15) is 11.6 Å². The summed E-state index contributed by atoms with van der Waals surface area (Å²) in [6.07, 6.45) is 1.28. The smallest absolute Gasteiger partial charge is 0.220 e. The van der Waals surface area contributed by atoms with Crippen molar-refractivity contribution in [3.8, 4) is 0 Å². The number of para-hydroxylation sites is 2. The Morgan fingerprint density at radius 3 is 2.68 bits per heavy atom. The minimum atomic E-state index is -0.252. The summed E-state index contributed by atoms with van der Waals surface area (Å²) < 4.78 is 16.1. The first-order valence-corrected chi connectivity index (χ1v) is 8.58. The van der Waals surface area contributed by atoms with E-state index >= 15 is 0 Å². The summed E-state index contributed by atoms with van der Waals surface area (Å²) in [6.45, 7) is 4.25. The third-order valence-corrected chi connectivity index (χ3v) is 4.21. The van der Waals surface area contributed by atoms with Gasteiger partial charge in [0.25, 0.3) is 0 Å². The second-order valence-corrected chi connectivity index (χ2v) is 6.18. The predicted molar refractivity (Wildman–Crippen MR) is 96.7 cm³/mol. The van der Waals surface area contributed by atoms with Crippen molar-refractivity contribution < 1.29 is 9.18 Å². The predicted octanol–water partition coefficient (Wildman–Crippen LogP) is 4.20. The lowest BCUT2D eigenvalue weighted by Crippen LogP contribution is -2.28. The molecule has 0 saturated heterocycles. The number of benzene rings is 2. The topological polar surface area (TPSA) is 46.9 Å². The van der Waals surface area contributed by atoms with Crippen molar-refractivity contribution >= 4 is 16.9 Å². The number of carbonyl (C=O) groups excluding carboxylic acids is 1. The van der Waals surface area contributed by atoms with E-state index in [9.17, 15) is 9.18 Å². The van der Waals surface area contributed by atoms with E-state index in [1.165, 1.54) is 6.07 Å². The van der Waals surface area contributed by atoms with E-state index in [1.54, 1.807) is 12.1 Å². The Kier molecular flexibility index (Phi) is 5.12. The maximum atomic E-state index is 14.1. The van der Waals surface area contributed by atoms with E-state index < -0.39 is 0 Å². The van der Waals surface area contributed by atoms with Crippen LogP contribution in [0.4, 0.5) is 4.39 Å². The number of hydrogen-bond donors (Lipinski definition) is 1. The molecule has 25 heavy (non-hydrogen) atoms. The molecule has 1 heterocycles. The maximum Gasteiger partial charge on any atom is 0.220 e. The van der Waals surface area contributed by atoms with Gasteiger partial charge in [0.2, 0.25) is 5.91 Å².